The molecule has 0 aliphatic rings. The summed E-state index contributed by atoms with van der Waals surface area (Å²) in [6.07, 6.45) is -4.83. The second-order valence-electron chi connectivity index (χ2n) is 3.84. The molecule has 1 aromatic carbocycles. The zero-order valence-electron chi connectivity index (χ0n) is 9.41. The maximum atomic E-state index is 12.3. The van der Waals surface area contributed by atoms with Crippen LogP contribution < -0.4 is 0 Å². The fraction of sp³-hybridized carbons (Fsp3) is 0.154. The molecule has 1 aromatic heterocycles. The molecule has 2 aromatic rings. The van der Waals surface area contributed by atoms with Gasteiger partial charge in [0, 0.05) is 10.4 Å². The van der Waals surface area contributed by atoms with E-state index in [4.69, 9.17) is 0 Å². The summed E-state index contributed by atoms with van der Waals surface area (Å²) in [5.74, 6) is -1.81. The van der Waals surface area contributed by atoms with Crippen LogP contribution in [0.5, 0.6) is 0 Å². The van der Waals surface area contributed by atoms with Crippen molar-refractivity contribution in [3.05, 3.63) is 46.8 Å². The van der Waals surface area contributed by atoms with Gasteiger partial charge in [0.25, 0.3) is 5.78 Å². The highest BCUT2D eigenvalue weighted by Crippen LogP contribution is 2.31. The largest absolute Gasteiger partial charge is 0.454 e. The molecule has 0 N–H and O–H groups in total. The Bertz CT molecular complexity index is 584. The van der Waals surface area contributed by atoms with Crippen LogP contribution in [-0.4, -0.2) is 12.0 Å². The van der Waals surface area contributed by atoms with Crippen molar-refractivity contribution in [2.45, 2.75) is 13.1 Å². The number of thiophene rings is 1. The lowest BCUT2D eigenvalue weighted by Gasteiger charge is -2.07. The lowest BCUT2D eigenvalue weighted by Crippen LogP contribution is -2.22. The molecule has 0 aliphatic heterocycles. The van der Waals surface area contributed by atoms with Crippen LogP contribution in [0.4, 0.5) is 13.2 Å². The SMILES string of the molecule is Cc1ccsc1-c1cccc(C(=O)C(F)(F)F)c1. The van der Waals surface area contributed by atoms with Gasteiger partial charge in [0.2, 0.25) is 0 Å². The number of Topliss-reactive ketones (excluding diaryl/α,β-unsaturated/α-hetero) is 1. The summed E-state index contributed by atoms with van der Waals surface area (Å²) in [7, 11) is 0. The molecule has 0 bridgehead atoms. The van der Waals surface area contributed by atoms with Gasteiger partial charge in [-0.1, -0.05) is 18.2 Å². The molecule has 0 unspecified atom stereocenters. The van der Waals surface area contributed by atoms with Gasteiger partial charge in [-0.2, -0.15) is 13.2 Å². The van der Waals surface area contributed by atoms with Gasteiger partial charge in [0.1, 0.15) is 0 Å². The molecule has 0 spiro atoms. The Morgan fingerprint density at radius 2 is 1.94 bits per heavy atom. The van der Waals surface area contributed by atoms with Crippen molar-refractivity contribution >= 4 is 17.1 Å². The molecule has 1 heterocycles. The van der Waals surface area contributed by atoms with Crippen molar-refractivity contribution in [2.75, 3.05) is 0 Å². The lowest BCUT2D eigenvalue weighted by atomic mass is 10.0. The van der Waals surface area contributed by atoms with Crippen molar-refractivity contribution in [2.24, 2.45) is 0 Å². The number of hydrogen-bond acceptors (Lipinski definition) is 2. The quantitative estimate of drug-likeness (QED) is 0.736. The number of aryl methyl sites for hydroxylation is 1. The minimum absolute atomic E-state index is 0.326. The first-order chi connectivity index (χ1) is 8.39. The van der Waals surface area contributed by atoms with Gasteiger partial charge in [0.15, 0.2) is 0 Å². The summed E-state index contributed by atoms with van der Waals surface area (Å²) in [5.41, 5.74) is 1.29. The van der Waals surface area contributed by atoms with Gasteiger partial charge < -0.3 is 0 Å². The molecule has 0 aliphatic carbocycles. The normalized spacial score (nSPS) is 11.6. The van der Waals surface area contributed by atoms with E-state index in [2.05, 4.69) is 0 Å². The summed E-state index contributed by atoms with van der Waals surface area (Å²) >= 11 is 1.44. The second kappa shape index (κ2) is 4.57. The van der Waals surface area contributed by atoms with Crippen molar-refractivity contribution in [1.29, 1.82) is 0 Å². The van der Waals surface area contributed by atoms with E-state index < -0.39 is 12.0 Å². The molecule has 0 atom stereocenters. The first-order valence-electron chi connectivity index (χ1n) is 5.15. The number of carbonyl (C=O) groups is 1. The number of benzene rings is 1. The molecular formula is C13H9F3OS. The maximum absolute atomic E-state index is 12.3. The molecule has 0 saturated carbocycles. The van der Waals surface area contributed by atoms with Gasteiger partial charge in [-0.25, -0.2) is 0 Å². The Morgan fingerprint density at radius 1 is 1.22 bits per heavy atom. The third kappa shape index (κ3) is 2.46. The van der Waals surface area contributed by atoms with Crippen LogP contribution in [-0.2, 0) is 0 Å². The number of ketones is 1. The predicted molar refractivity (Wildman–Crippen MR) is 64.9 cm³/mol. The van der Waals surface area contributed by atoms with Crippen LogP contribution in [0.2, 0.25) is 0 Å². The van der Waals surface area contributed by atoms with E-state index in [9.17, 15) is 18.0 Å². The van der Waals surface area contributed by atoms with E-state index in [1.807, 2.05) is 18.4 Å². The van der Waals surface area contributed by atoms with Crippen molar-refractivity contribution in [1.82, 2.24) is 0 Å². The van der Waals surface area contributed by atoms with E-state index >= 15 is 0 Å². The van der Waals surface area contributed by atoms with Gasteiger partial charge in [-0.05, 0) is 35.6 Å². The molecule has 0 saturated heterocycles. The molecule has 0 amide bonds. The standard InChI is InChI=1S/C13H9F3OS/c1-8-5-6-18-11(8)9-3-2-4-10(7-9)12(17)13(14,15)16/h2-7H,1H3. The van der Waals surface area contributed by atoms with E-state index in [1.165, 1.54) is 29.5 Å². The van der Waals surface area contributed by atoms with Crippen LogP contribution in [0, 0.1) is 6.92 Å². The highest BCUT2D eigenvalue weighted by atomic mass is 32.1. The van der Waals surface area contributed by atoms with Crippen LogP contribution in [0.3, 0.4) is 0 Å². The zero-order valence-corrected chi connectivity index (χ0v) is 10.2. The van der Waals surface area contributed by atoms with Gasteiger partial charge in [-0.15, -0.1) is 11.3 Å². The summed E-state index contributed by atoms with van der Waals surface area (Å²) < 4.78 is 37.0. The Morgan fingerprint density at radius 3 is 2.50 bits per heavy atom. The monoisotopic (exact) mass is 270 g/mol. The Hall–Kier alpha value is -1.62. The fourth-order valence-electron chi connectivity index (χ4n) is 1.63. The van der Waals surface area contributed by atoms with E-state index in [1.54, 1.807) is 6.07 Å². The first-order valence-corrected chi connectivity index (χ1v) is 6.03. The third-order valence-electron chi connectivity index (χ3n) is 2.51. The van der Waals surface area contributed by atoms with Crippen LogP contribution in [0.25, 0.3) is 10.4 Å². The molecule has 0 fully saturated rings. The third-order valence-corrected chi connectivity index (χ3v) is 3.57. The van der Waals surface area contributed by atoms with Crippen molar-refractivity contribution < 1.29 is 18.0 Å². The summed E-state index contributed by atoms with van der Waals surface area (Å²) in [6, 6.07) is 7.52. The smallest absolute Gasteiger partial charge is 0.284 e. The number of halogens is 3. The number of carbonyl (C=O) groups excluding carboxylic acids is 1. The average molecular weight is 270 g/mol. The minimum Gasteiger partial charge on any atom is -0.284 e. The fourth-order valence-corrected chi connectivity index (χ4v) is 2.56. The Kier molecular flexibility index (Phi) is 3.26. The predicted octanol–water partition coefficient (Wildman–Crippen LogP) is 4.47. The average Bonchev–Trinajstić information content (AvgIpc) is 2.73. The molecule has 0 radical (unpaired) electrons. The molecule has 1 nitrogen and oxygen atoms in total. The summed E-state index contributed by atoms with van der Waals surface area (Å²) in [5, 5.41) is 1.86. The maximum Gasteiger partial charge on any atom is 0.454 e. The van der Waals surface area contributed by atoms with Crippen molar-refractivity contribution in [3.63, 3.8) is 0 Å². The molecular weight excluding hydrogens is 261 g/mol. The summed E-state index contributed by atoms with van der Waals surface area (Å²) in [4.78, 5) is 12.0. The Balaban J connectivity index is 2.44. The highest BCUT2D eigenvalue weighted by Gasteiger charge is 2.39. The highest BCUT2D eigenvalue weighted by molar-refractivity contribution is 7.13. The van der Waals surface area contributed by atoms with Gasteiger partial charge in [0.05, 0.1) is 0 Å². The first kappa shape index (κ1) is 12.8. The van der Waals surface area contributed by atoms with Gasteiger partial charge >= 0.3 is 6.18 Å². The molecule has 2 rings (SSSR count). The number of hydrogen-bond donors (Lipinski definition) is 0. The molecule has 5 heteroatoms. The van der Waals surface area contributed by atoms with E-state index in [0.717, 1.165) is 10.4 Å². The zero-order chi connectivity index (χ0) is 13.3. The van der Waals surface area contributed by atoms with Crippen molar-refractivity contribution in [3.8, 4) is 10.4 Å². The molecule has 94 valence electrons. The lowest BCUT2D eigenvalue weighted by molar-refractivity contribution is -0.0885. The second-order valence-corrected chi connectivity index (χ2v) is 4.76. The van der Waals surface area contributed by atoms with Crippen LogP contribution in [0.15, 0.2) is 35.7 Å². The van der Waals surface area contributed by atoms with Gasteiger partial charge in [-0.3, -0.25) is 4.79 Å². The van der Waals surface area contributed by atoms with Crippen LogP contribution in [0.1, 0.15) is 15.9 Å². The van der Waals surface area contributed by atoms with E-state index in [0.29, 0.717) is 5.56 Å². The number of alkyl halides is 3. The number of rotatable bonds is 2. The summed E-state index contributed by atoms with van der Waals surface area (Å²) in [6.45, 7) is 1.88. The molecule has 18 heavy (non-hydrogen) atoms. The van der Waals surface area contributed by atoms with E-state index in [-0.39, 0.29) is 5.56 Å². The minimum atomic E-state index is -4.83. The Labute approximate surface area is 106 Å². The topological polar surface area (TPSA) is 17.1 Å². The van der Waals surface area contributed by atoms with Crippen LogP contribution >= 0.6 is 11.3 Å².